The molecule has 0 radical (unpaired) electrons. The number of aromatic hydroxyl groups is 4. The SMILES string of the molecule is O=C(CCc1ccc(O)c(O)c1)C[C@H](CCc1ccc(O)c(O)c1)S(=O)(=O)O. The van der Waals surface area contributed by atoms with Crippen LogP contribution in [0.2, 0.25) is 0 Å². The van der Waals surface area contributed by atoms with E-state index in [1.807, 2.05) is 0 Å². The fraction of sp³-hybridized carbons (Fsp3) is 0.316. The number of ketones is 1. The Labute approximate surface area is 162 Å². The molecule has 2 aromatic rings. The van der Waals surface area contributed by atoms with Gasteiger partial charge in [-0.15, -0.1) is 0 Å². The third kappa shape index (κ3) is 6.14. The number of phenolic OH excluding ortho intramolecular Hbond substituents is 4. The summed E-state index contributed by atoms with van der Waals surface area (Å²) in [5, 5.41) is 36.2. The molecular formula is C19H22O8S. The van der Waals surface area contributed by atoms with Crippen molar-refractivity contribution in [3.63, 3.8) is 0 Å². The predicted octanol–water partition coefficient (Wildman–Crippen LogP) is 2.29. The topological polar surface area (TPSA) is 152 Å². The summed E-state index contributed by atoms with van der Waals surface area (Å²) in [4.78, 5) is 12.2. The van der Waals surface area contributed by atoms with Crippen LogP contribution in [0.25, 0.3) is 0 Å². The highest BCUT2D eigenvalue weighted by molar-refractivity contribution is 7.86. The largest absolute Gasteiger partial charge is 0.504 e. The first-order valence-corrected chi connectivity index (χ1v) is 10.1. The zero-order valence-corrected chi connectivity index (χ0v) is 15.8. The van der Waals surface area contributed by atoms with Gasteiger partial charge in [0.25, 0.3) is 10.1 Å². The van der Waals surface area contributed by atoms with Crippen LogP contribution in [-0.2, 0) is 27.8 Å². The van der Waals surface area contributed by atoms with Crippen LogP contribution in [0, 0.1) is 0 Å². The molecule has 9 heteroatoms. The van der Waals surface area contributed by atoms with E-state index < -0.39 is 15.4 Å². The van der Waals surface area contributed by atoms with Gasteiger partial charge in [-0.05, 0) is 54.7 Å². The quantitative estimate of drug-likeness (QED) is 0.312. The highest BCUT2D eigenvalue weighted by Gasteiger charge is 2.25. The Morgan fingerprint density at radius 2 is 1.32 bits per heavy atom. The van der Waals surface area contributed by atoms with Gasteiger partial charge in [-0.3, -0.25) is 9.35 Å². The number of carbonyl (C=O) groups is 1. The van der Waals surface area contributed by atoms with E-state index in [1.165, 1.54) is 30.3 Å². The molecule has 2 rings (SSSR count). The van der Waals surface area contributed by atoms with Gasteiger partial charge in [-0.25, -0.2) is 0 Å². The molecule has 0 aromatic heterocycles. The van der Waals surface area contributed by atoms with Crippen molar-refractivity contribution in [3.8, 4) is 23.0 Å². The van der Waals surface area contributed by atoms with E-state index in [-0.39, 0.29) is 60.9 Å². The van der Waals surface area contributed by atoms with Gasteiger partial charge >= 0.3 is 0 Å². The molecule has 0 amide bonds. The molecule has 0 unspecified atom stereocenters. The van der Waals surface area contributed by atoms with Crippen LogP contribution < -0.4 is 0 Å². The van der Waals surface area contributed by atoms with Crippen molar-refractivity contribution in [3.05, 3.63) is 47.5 Å². The average Bonchev–Trinajstić information content (AvgIpc) is 2.61. The maximum Gasteiger partial charge on any atom is 0.268 e. The van der Waals surface area contributed by atoms with Crippen LogP contribution in [0.3, 0.4) is 0 Å². The second kappa shape index (κ2) is 8.94. The lowest BCUT2D eigenvalue weighted by molar-refractivity contribution is -0.119. The number of benzene rings is 2. The number of carbonyl (C=O) groups excluding carboxylic acids is 1. The smallest absolute Gasteiger partial charge is 0.268 e. The number of hydrogen-bond donors (Lipinski definition) is 5. The van der Waals surface area contributed by atoms with Gasteiger partial charge in [0.2, 0.25) is 0 Å². The molecule has 0 heterocycles. The molecule has 0 spiro atoms. The standard InChI is InChI=1S/C19H22O8S/c20-14(5-1-12-3-7-16(21)18(23)9-12)11-15(28(25,26)27)6-2-13-4-8-17(22)19(24)10-13/h3-4,7-10,15,21-24H,1-2,5-6,11H2,(H,25,26,27)/t15-/m0/s1. The second-order valence-electron chi connectivity index (χ2n) is 6.56. The Hall–Kier alpha value is -2.78. The summed E-state index contributed by atoms with van der Waals surface area (Å²) in [7, 11) is -4.45. The third-order valence-corrected chi connectivity index (χ3v) is 5.65. The number of Topliss-reactive ketones (excluding diaryl/α,β-unsaturated/α-hetero) is 1. The molecule has 0 saturated carbocycles. The Morgan fingerprint density at radius 3 is 1.79 bits per heavy atom. The van der Waals surface area contributed by atoms with E-state index in [9.17, 15) is 38.2 Å². The minimum atomic E-state index is -4.45. The molecular weight excluding hydrogens is 388 g/mol. The van der Waals surface area contributed by atoms with Crippen molar-refractivity contribution < 1.29 is 38.2 Å². The minimum Gasteiger partial charge on any atom is -0.504 e. The first kappa shape index (κ1) is 21.5. The summed E-state index contributed by atoms with van der Waals surface area (Å²) >= 11 is 0. The molecule has 0 aliphatic heterocycles. The summed E-state index contributed by atoms with van der Waals surface area (Å²) < 4.78 is 32.7. The molecule has 0 aliphatic carbocycles. The first-order valence-electron chi connectivity index (χ1n) is 8.56. The number of hydrogen-bond acceptors (Lipinski definition) is 7. The number of aryl methyl sites for hydroxylation is 2. The second-order valence-corrected chi connectivity index (χ2v) is 8.26. The molecule has 8 nitrogen and oxygen atoms in total. The van der Waals surface area contributed by atoms with Crippen molar-refractivity contribution in [2.75, 3.05) is 0 Å². The van der Waals surface area contributed by atoms with E-state index in [2.05, 4.69) is 0 Å². The van der Waals surface area contributed by atoms with Crippen LogP contribution >= 0.6 is 0 Å². The molecule has 5 N–H and O–H groups in total. The summed E-state index contributed by atoms with van der Waals surface area (Å²) in [5.74, 6) is -1.59. The summed E-state index contributed by atoms with van der Waals surface area (Å²) in [6.07, 6.45) is 0.0338. The van der Waals surface area contributed by atoms with Crippen molar-refractivity contribution in [2.45, 2.75) is 37.4 Å². The monoisotopic (exact) mass is 410 g/mol. The van der Waals surface area contributed by atoms with Gasteiger partial charge in [0.15, 0.2) is 23.0 Å². The highest BCUT2D eigenvalue weighted by Crippen LogP contribution is 2.27. The average molecular weight is 410 g/mol. The van der Waals surface area contributed by atoms with E-state index in [0.717, 1.165) is 0 Å². The Morgan fingerprint density at radius 1 is 0.821 bits per heavy atom. The fourth-order valence-corrected chi connectivity index (χ4v) is 3.58. The van der Waals surface area contributed by atoms with Crippen molar-refractivity contribution >= 4 is 15.9 Å². The van der Waals surface area contributed by atoms with Gasteiger partial charge in [-0.1, -0.05) is 12.1 Å². The van der Waals surface area contributed by atoms with Gasteiger partial charge in [0.1, 0.15) is 5.78 Å². The number of phenols is 4. The van der Waals surface area contributed by atoms with Crippen LogP contribution in [-0.4, -0.2) is 44.4 Å². The normalized spacial score (nSPS) is 12.6. The van der Waals surface area contributed by atoms with Crippen LogP contribution in [0.15, 0.2) is 36.4 Å². The molecule has 0 bridgehead atoms. The Balaban J connectivity index is 1.96. The predicted molar refractivity (Wildman–Crippen MR) is 101 cm³/mol. The molecule has 152 valence electrons. The molecule has 0 saturated heterocycles. The zero-order valence-electron chi connectivity index (χ0n) is 14.9. The first-order chi connectivity index (χ1) is 13.1. The van der Waals surface area contributed by atoms with E-state index in [1.54, 1.807) is 6.07 Å². The third-order valence-electron chi connectivity index (χ3n) is 4.40. The van der Waals surface area contributed by atoms with E-state index >= 15 is 0 Å². The van der Waals surface area contributed by atoms with Crippen molar-refractivity contribution in [1.82, 2.24) is 0 Å². The Bertz CT molecular complexity index is 952. The molecule has 0 aliphatic rings. The molecule has 2 aromatic carbocycles. The number of rotatable bonds is 9. The summed E-state index contributed by atoms with van der Waals surface area (Å²) in [6, 6.07) is 8.22. The molecule has 0 fully saturated rings. The van der Waals surface area contributed by atoms with Crippen LogP contribution in [0.5, 0.6) is 23.0 Å². The Kier molecular flexibility index (Phi) is 6.87. The van der Waals surface area contributed by atoms with Crippen molar-refractivity contribution in [2.24, 2.45) is 0 Å². The lowest BCUT2D eigenvalue weighted by Crippen LogP contribution is -2.25. The lowest BCUT2D eigenvalue weighted by Gasteiger charge is -2.13. The van der Waals surface area contributed by atoms with Crippen LogP contribution in [0.1, 0.15) is 30.4 Å². The maximum atomic E-state index is 12.2. The highest BCUT2D eigenvalue weighted by atomic mass is 32.2. The molecule has 1 atom stereocenters. The van der Waals surface area contributed by atoms with Gasteiger partial charge < -0.3 is 20.4 Å². The van der Waals surface area contributed by atoms with E-state index in [4.69, 9.17) is 0 Å². The maximum absolute atomic E-state index is 12.2. The van der Waals surface area contributed by atoms with Gasteiger partial charge in [0, 0.05) is 12.8 Å². The van der Waals surface area contributed by atoms with E-state index in [0.29, 0.717) is 11.1 Å². The van der Waals surface area contributed by atoms with Crippen LogP contribution in [0.4, 0.5) is 0 Å². The van der Waals surface area contributed by atoms with Crippen molar-refractivity contribution in [1.29, 1.82) is 0 Å². The molecule has 28 heavy (non-hydrogen) atoms. The summed E-state index contributed by atoms with van der Waals surface area (Å²) in [5.41, 5.74) is 1.16. The minimum absolute atomic E-state index is 0.0102. The zero-order chi connectivity index (χ0) is 20.9. The fourth-order valence-electron chi connectivity index (χ4n) is 2.77. The van der Waals surface area contributed by atoms with Gasteiger partial charge in [-0.2, -0.15) is 8.42 Å². The summed E-state index contributed by atoms with van der Waals surface area (Å²) in [6.45, 7) is 0. The lowest BCUT2D eigenvalue weighted by atomic mass is 10.0. The van der Waals surface area contributed by atoms with Gasteiger partial charge in [0.05, 0.1) is 5.25 Å².